The van der Waals surface area contributed by atoms with Crippen LogP contribution < -0.4 is 15.4 Å². The number of methoxy groups -OCH3 is 1. The Morgan fingerprint density at radius 2 is 1.93 bits per heavy atom. The maximum Gasteiger partial charge on any atom is 0.237 e. The number of nitrogens with one attached hydrogen (secondary N) is 2. The highest BCUT2D eigenvalue weighted by molar-refractivity contribution is 8.00. The van der Waals surface area contributed by atoms with E-state index in [2.05, 4.69) is 17.6 Å². The molecule has 0 bridgehead atoms. The van der Waals surface area contributed by atoms with Crippen LogP contribution in [-0.2, 0) is 9.59 Å². The van der Waals surface area contributed by atoms with E-state index in [1.54, 1.807) is 13.2 Å². The number of ether oxygens (including phenoxy) is 1. The van der Waals surface area contributed by atoms with Crippen molar-refractivity contribution in [3.63, 3.8) is 0 Å². The zero-order valence-electron chi connectivity index (χ0n) is 17.9. The van der Waals surface area contributed by atoms with E-state index in [4.69, 9.17) is 16.3 Å². The molecule has 0 saturated heterocycles. The van der Waals surface area contributed by atoms with Crippen molar-refractivity contribution >= 4 is 46.6 Å². The predicted molar refractivity (Wildman–Crippen MR) is 126 cm³/mol. The second-order valence-corrected chi connectivity index (χ2v) is 8.67. The summed E-state index contributed by atoms with van der Waals surface area (Å²) in [7, 11) is 1.54. The first-order valence-corrected chi connectivity index (χ1v) is 11.3. The maximum absolute atomic E-state index is 12.9. The van der Waals surface area contributed by atoms with Gasteiger partial charge in [-0.25, -0.2) is 0 Å². The average molecular weight is 449 g/mol. The van der Waals surface area contributed by atoms with Crippen LogP contribution in [0.2, 0.25) is 5.02 Å². The van der Waals surface area contributed by atoms with Gasteiger partial charge in [-0.1, -0.05) is 37.9 Å². The molecule has 0 heterocycles. The van der Waals surface area contributed by atoms with Crippen LogP contribution in [0.3, 0.4) is 0 Å². The molecule has 7 heteroatoms. The second kappa shape index (κ2) is 11.9. The minimum atomic E-state index is -0.295. The van der Waals surface area contributed by atoms with Crippen molar-refractivity contribution < 1.29 is 14.3 Å². The number of benzene rings is 2. The SMILES string of the molecule is CCCCC(=O)Nc1cccc(SC(CC)C(=O)Nc2cc(C)c(Cl)cc2OC)c1. The number of amides is 2. The van der Waals surface area contributed by atoms with Crippen molar-refractivity contribution in [1.82, 2.24) is 0 Å². The molecular weight excluding hydrogens is 420 g/mol. The van der Waals surface area contributed by atoms with Crippen molar-refractivity contribution in [3.05, 3.63) is 47.0 Å². The van der Waals surface area contributed by atoms with Crippen molar-refractivity contribution in [2.45, 2.75) is 56.6 Å². The van der Waals surface area contributed by atoms with Crippen molar-refractivity contribution in [1.29, 1.82) is 0 Å². The molecule has 0 aliphatic carbocycles. The van der Waals surface area contributed by atoms with Gasteiger partial charge in [-0.05, 0) is 49.6 Å². The summed E-state index contributed by atoms with van der Waals surface area (Å²) in [5.41, 5.74) is 2.20. The van der Waals surface area contributed by atoms with E-state index in [1.807, 2.05) is 44.2 Å². The van der Waals surface area contributed by atoms with Gasteiger partial charge in [0.05, 0.1) is 18.0 Å². The summed E-state index contributed by atoms with van der Waals surface area (Å²) in [6, 6.07) is 11.1. The Morgan fingerprint density at radius 3 is 2.60 bits per heavy atom. The third-order valence-electron chi connectivity index (χ3n) is 4.56. The van der Waals surface area contributed by atoms with Crippen LogP contribution in [0.5, 0.6) is 5.75 Å². The third kappa shape index (κ3) is 6.96. The van der Waals surface area contributed by atoms with Gasteiger partial charge in [0, 0.05) is 28.1 Å². The molecule has 0 aromatic heterocycles. The molecule has 0 aliphatic heterocycles. The fourth-order valence-electron chi connectivity index (χ4n) is 2.84. The van der Waals surface area contributed by atoms with E-state index in [-0.39, 0.29) is 17.1 Å². The normalized spacial score (nSPS) is 11.6. The molecule has 30 heavy (non-hydrogen) atoms. The minimum Gasteiger partial charge on any atom is -0.495 e. The lowest BCUT2D eigenvalue weighted by Gasteiger charge is -2.17. The summed E-state index contributed by atoms with van der Waals surface area (Å²) in [4.78, 5) is 25.8. The van der Waals surface area contributed by atoms with Gasteiger partial charge in [0.1, 0.15) is 5.75 Å². The van der Waals surface area contributed by atoms with E-state index in [1.165, 1.54) is 11.8 Å². The molecule has 0 saturated carbocycles. The molecular formula is C23H29ClN2O3S. The number of carbonyl (C=O) groups excluding carboxylic acids is 2. The van der Waals surface area contributed by atoms with Gasteiger partial charge in [0.25, 0.3) is 0 Å². The second-order valence-electron chi connectivity index (χ2n) is 6.99. The third-order valence-corrected chi connectivity index (χ3v) is 6.32. The van der Waals surface area contributed by atoms with E-state index in [0.717, 1.165) is 29.0 Å². The summed E-state index contributed by atoms with van der Waals surface area (Å²) in [6.45, 7) is 5.91. The number of rotatable bonds is 10. The first-order chi connectivity index (χ1) is 14.4. The number of hydrogen-bond donors (Lipinski definition) is 2. The lowest BCUT2D eigenvalue weighted by molar-refractivity contribution is -0.116. The highest BCUT2D eigenvalue weighted by Crippen LogP contribution is 2.33. The zero-order valence-corrected chi connectivity index (χ0v) is 19.5. The van der Waals surface area contributed by atoms with Crippen LogP contribution in [0, 0.1) is 6.92 Å². The van der Waals surface area contributed by atoms with Crippen molar-refractivity contribution in [2.24, 2.45) is 0 Å². The smallest absolute Gasteiger partial charge is 0.237 e. The standard InChI is InChI=1S/C23H29ClN2O3S/c1-5-7-11-22(27)25-16-9-8-10-17(13-16)30-21(6-2)23(28)26-19-12-15(3)18(24)14-20(19)29-4/h8-10,12-14,21H,5-7,11H2,1-4H3,(H,25,27)(H,26,28). The number of halogens is 1. The van der Waals surface area contributed by atoms with Crippen LogP contribution >= 0.6 is 23.4 Å². The molecule has 0 fully saturated rings. The lowest BCUT2D eigenvalue weighted by Crippen LogP contribution is -2.24. The largest absolute Gasteiger partial charge is 0.495 e. The molecule has 2 amide bonds. The van der Waals surface area contributed by atoms with Gasteiger partial charge in [0.15, 0.2) is 0 Å². The molecule has 162 valence electrons. The highest BCUT2D eigenvalue weighted by Gasteiger charge is 2.20. The zero-order chi connectivity index (χ0) is 22.1. The number of carbonyl (C=O) groups is 2. The Bertz CT molecular complexity index is 889. The van der Waals surface area contributed by atoms with Gasteiger partial charge in [-0.3, -0.25) is 9.59 Å². The van der Waals surface area contributed by atoms with Crippen LogP contribution in [-0.4, -0.2) is 24.2 Å². The average Bonchev–Trinajstić information content (AvgIpc) is 2.73. The number of aryl methyl sites for hydroxylation is 1. The van der Waals surface area contributed by atoms with Gasteiger partial charge < -0.3 is 15.4 Å². The fraction of sp³-hybridized carbons (Fsp3) is 0.391. The van der Waals surface area contributed by atoms with Gasteiger partial charge >= 0.3 is 0 Å². The highest BCUT2D eigenvalue weighted by atomic mass is 35.5. The quantitative estimate of drug-likeness (QED) is 0.419. The Morgan fingerprint density at radius 1 is 1.17 bits per heavy atom. The summed E-state index contributed by atoms with van der Waals surface area (Å²) < 4.78 is 5.35. The Balaban J connectivity index is 2.08. The summed E-state index contributed by atoms with van der Waals surface area (Å²) >= 11 is 7.62. The number of thioether (sulfide) groups is 1. The van der Waals surface area contributed by atoms with Crippen LogP contribution in [0.25, 0.3) is 0 Å². The molecule has 2 aromatic rings. The van der Waals surface area contributed by atoms with E-state index >= 15 is 0 Å². The molecule has 1 atom stereocenters. The molecule has 0 spiro atoms. The maximum atomic E-state index is 12.9. The Hall–Kier alpha value is -2.18. The van der Waals surface area contributed by atoms with Crippen LogP contribution in [0.15, 0.2) is 41.3 Å². The molecule has 0 aliphatic rings. The molecule has 0 radical (unpaired) electrons. The van der Waals surface area contributed by atoms with Gasteiger partial charge in [0.2, 0.25) is 11.8 Å². The monoisotopic (exact) mass is 448 g/mol. The first-order valence-electron chi connectivity index (χ1n) is 10.1. The van der Waals surface area contributed by atoms with Gasteiger partial charge in [-0.15, -0.1) is 11.8 Å². The number of unbranched alkanes of at least 4 members (excludes halogenated alkanes) is 1. The van der Waals surface area contributed by atoms with Crippen LogP contribution in [0.1, 0.15) is 45.1 Å². The first kappa shape index (κ1) is 24.1. The molecule has 2 aromatic carbocycles. The predicted octanol–water partition coefficient (Wildman–Crippen LogP) is 6.30. The molecule has 5 nitrogen and oxygen atoms in total. The topological polar surface area (TPSA) is 67.4 Å². The Kier molecular flexibility index (Phi) is 9.53. The fourth-order valence-corrected chi connectivity index (χ4v) is 4.00. The molecule has 2 N–H and O–H groups in total. The summed E-state index contributed by atoms with van der Waals surface area (Å²) in [6.07, 6.45) is 3.01. The van der Waals surface area contributed by atoms with E-state index in [0.29, 0.717) is 29.3 Å². The number of anilines is 2. The van der Waals surface area contributed by atoms with Crippen LogP contribution in [0.4, 0.5) is 11.4 Å². The van der Waals surface area contributed by atoms with Crippen molar-refractivity contribution in [2.75, 3.05) is 17.7 Å². The number of hydrogen-bond acceptors (Lipinski definition) is 4. The molecule has 1 unspecified atom stereocenters. The van der Waals surface area contributed by atoms with Crippen molar-refractivity contribution in [3.8, 4) is 5.75 Å². The summed E-state index contributed by atoms with van der Waals surface area (Å²) in [5, 5.41) is 6.17. The summed E-state index contributed by atoms with van der Waals surface area (Å²) in [5.74, 6) is 0.421. The van der Waals surface area contributed by atoms with Gasteiger partial charge in [-0.2, -0.15) is 0 Å². The minimum absolute atomic E-state index is 0.00832. The Labute approximate surface area is 187 Å². The van der Waals surface area contributed by atoms with E-state index < -0.39 is 0 Å². The lowest BCUT2D eigenvalue weighted by atomic mass is 10.2. The van der Waals surface area contributed by atoms with E-state index in [9.17, 15) is 9.59 Å². The molecule has 2 rings (SSSR count).